The molecule has 0 saturated heterocycles. The van der Waals surface area contributed by atoms with E-state index in [-0.39, 0.29) is 5.92 Å². The maximum absolute atomic E-state index is 9.04. The fourth-order valence-corrected chi connectivity index (χ4v) is 2.84. The van der Waals surface area contributed by atoms with Gasteiger partial charge in [0.2, 0.25) is 0 Å². The maximum Gasteiger partial charge on any atom is 0.0697 e. The predicted octanol–water partition coefficient (Wildman–Crippen LogP) is 4.68. The zero-order valence-corrected chi connectivity index (χ0v) is 11.9. The van der Waals surface area contributed by atoms with Crippen molar-refractivity contribution >= 4 is 11.4 Å². The van der Waals surface area contributed by atoms with Crippen molar-refractivity contribution in [3.8, 4) is 6.07 Å². The molecule has 0 N–H and O–H groups in total. The molecular weight excluding hydrogens is 256 g/mol. The molecule has 2 nitrogen and oxygen atoms in total. The fourth-order valence-electron chi connectivity index (χ4n) is 2.84. The Bertz CT molecular complexity index is 601. The van der Waals surface area contributed by atoms with Crippen LogP contribution in [0.2, 0.25) is 0 Å². The number of hydrogen-bond acceptors (Lipinski definition) is 2. The van der Waals surface area contributed by atoms with Crippen LogP contribution in [0, 0.1) is 17.2 Å². The molecule has 0 saturated carbocycles. The Hall–Kier alpha value is -2.53. The van der Waals surface area contributed by atoms with E-state index in [9.17, 15) is 0 Å². The van der Waals surface area contributed by atoms with Crippen LogP contribution in [0.3, 0.4) is 0 Å². The predicted molar refractivity (Wildman–Crippen MR) is 86.3 cm³/mol. The van der Waals surface area contributed by atoms with Crippen molar-refractivity contribution < 1.29 is 0 Å². The molecule has 3 rings (SSSR count). The first kappa shape index (κ1) is 13.5. The summed E-state index contributed by atoms with van der Waals surface area (Å²) in [4.78, 5) is 2.35. The van der Waals surface area contributed by atoms with Gasteiger partial charge in [-0.05, 0) is 37.1 Å². The molecule has 2 aromatic carbocycles. The highest BCUT2D eigenvalue weighted by Gasteiger charge is 2.22. The van der Waals surface area contributed by atoms with Crippen LogP contribution in [-0.4, -0.2) is 6.04 Å². The van der Waals surface area contributed by atoms with Crippen LogP contribution in [0.25, 0.3) is 0 Å². The number of hydrogen-bond donors (Lipinski definition) is 0. The highest BCUT2D eigenvalue weighted by atomic mass is 15.2. The van der Waals surface area contributed by atoms with Crippen molar-refractivity contribution in [1.29, 1.82) is 5.26 Å². The van der Waals surface area contributed by atoms with Crippen molar-refractivity contribution in [1.82, 2.24) is 0 Å². The molecule has 104 valence electrons. The molecule has 1 aliphatic rings. The van der Waals surface area contributed by atoms with Crippen LogP contribution in [-0.2, 0) is 0 Å². The molecule has 0 fully saturated rings. The van der Waals surface area contributed by atoms with E-state index in [1.54, 1.807) is 0 Å². The Kier molecular flexibility index (Phi) is 4.02. The minimum atomic E-state index is 0.0645. The molecular formula is C19H18N2. The van der Waals surface area contributed by atoms with E-state index in [1.165, 1.54) is 11.4 Å². The van der Waals surface area contributed by atoms with E-state index in [0.29, 0.717) is 6.04 Å². The highest BCUT2D eigenvalue weighted by molar-refractivity contribution is 5.65. The third-order valence-corrected chi connectivity index (χ3v) is 3.91. The molecule has 0 aromatic heterocycles. The summed E-state index contributed by atoms with van der Waals surface area (Å²) in [6.45, 7) is 0. The van der Waals surface area contributed by atoms with E-state index in [4.69, 9.17) is 5.26 Å². The second-order valence-corrected chi connectivity index (χ2v) is 5.31. The van der Waals surface area contributed by atoms with Crippen molar-refractivity contribution in [3.05, 3.63) is 72.8 Å². The number of anilines is 2. The number of para-hydroxylation sites is 2. The van der Waals surface area contributed by atoms with Gasteiger partial charge >= 0.3 is 0 Å². The van der Waals surface area contributed by atoms with Crippen molar-refractivity contribution in [3.63, 3.8) is 0 Å². The Morgan fingerprint density at radius 1 is 0.810 bits per heavy atom. The van der Waals surface area contributed by atoms with E-state index in [1.807, 2.05) is 18.2 Å². The van der Waals surface area contributed by atoms with Gasteiger partial charge in [0.25, 0.3) is 0 Å². The molecule has 2 heteroatoms. The van der Waals surface area contributed by atoms with Crippen molar-refractivity contribution in [2.75, 3.05) is 4.90 Å². The first-order chi connectivity index (χ1) is 10.4. The SMILES string of the molecule is N#CC1C=CC(N(c2ccccc2)c2ccccc2)CC1. The summed E-state index contributed by atoms with van der Waals surface area (Å²) in [7, 11) is 0. The molecule has 0 aliphatic heterocycles. The summed E-state index contributed by atoms with van der Waals surface area (Å²) in [5.41, 5.74) is 2.38. The van der Waals surface area contributed by atoms with Gasteiger partial charge in [-0.3, -0.25) is 0 Å². The largest absolute Gasteiger partial charge is 0.335 e. The summed E-state index contributed by atoms with van der Waals surface area (Å²) in [5.74, 6) is 0.0645. The molecule has 0 amide bonds. The zero-order chi connectivity index (χ0) is 14.5. The average Bonchev–Trinajstić information content (AvgIpc) is 2.58. The lowest BCUT2D eigenvalue weighted by Crippen LogP contribution is -2.31. The molecule has 2 aromatic rings. The van der Waals surface area contributed by atoms with Crippen LogP contribution >= 0.6 is 0 Å². The summed E-state index contributed by atoms with van der Waals surface area (Å²) < 4.78 is 0. The molecule has 0 spiro atoms. The number of nitriles is 1. The van der Waals surface area contributed by atoms with Gasteiger partial charge in [-0.25, -0.2) is 0 Å². The van der Waals surface area contributed by atoms with Crippen LogP contribution < -0.4 is 4.90 Å². The van der Waals surface area contributed by atoms with E-state index in [0.717, 1.165) is 12.8 Å². The lowest BCUT2D eigenvalue weighted by molar-refractivity contribution is 0.575. The molecule has 21 heavy (non-hydrogen) atoms. The molecule has 1 aliphatic carbocycles. The van der Waals surface area contributed by atoms with Gasteiger partial charge in [0.05, 0.1) is 18.0 Å². The van der Waals surface area contributed by atoms with Crippen LogP contribution in [0.15, 0.2) is 72.8 Å². The minimum absolute atomic E-state index is 0.0645. The average molecular weight is 274 g/mol. The summed E-state index contributed by atoms with van der Waals surface area (Å²) >= 11 is 0. The van der Waals surface area contributed by atoms with Gasteiger partial charge in [-0.15, -0.1) is 0 Å². The summed E-state index contributed by atoms with van der Waals surface area (Å²) in [5, 5.41) is 9.04. The lowest BCUT2D eigenvalue weighted by atomic mass is 9.92. The molecule has 2 unspecified atom stereocenters. The van der Waals surface area contributed by atoms with Crippen LogP contribution in [0.4, 0.5) is 11.4 Å². The van der Waals surface area contributed by atoms with Gasteiger partial charge in [0, 0.05) is 11.4 Å². The summed E-state index contributed by atoms with van der Waals surface area (Å²) in [6.07, 6.45) is 6.15. The van der Waals surface area contributed by atoms with E-state index >= 15 is 0 Å². The zero-order valence-electron chi connectivity index (χ0n) is 11.9. The third kappa shape index (κ3) is 2.98. The van der Waals surface area contributed by atoms with Crippen molar-refractivity contribution in [2.45, 2.75) is 18.9 Å². The van der Waals surface area contributed by atoms with Gasteiger partial charge in [-0.1, -0.05) is 48.6 Å². The van der Waals surface area contributed by atoms with Gasteiger partial charge in [-0.2, -0.15) is 5.26 Å². The Morgan fingerprint density at radius 2 is 1.38 bits per heavy atom. The van der Waals surface area contributed by atoms with Gasteiger partial charge in [0.1, 0.15) is 0 Å². The fraction of sp³-hybridized carbons (Fsp3) is 0.211. The van der Waals surface area contributed by atoms with E-state index < -0.39 is 0 Å². The summed E-state index contributed by atoms with van der Waals surface area (Å²) in [6, 6.07) is 23.5. The maximum atomic E-state index is 9.04. The lowest BCUT2D eigenvalue weighted by Gasteiger charge is -2.34. The molecule has 2 atom stereocenters. The van der Waals surface area contributed by atoms with Crippen molar-refractivity contribution in [2.24, 2.45) is 5.92 Å². The Balaban J connectivity index is 1.96. The number of rotatable bonds is 3. The Labute approximate surface area is 126 Å². The van der Waals surface area contributed by atoms with Gasteiger partial charge < -0.3 is 4.90 Å². The number of nitrogens with zero attached hydrogens (tertiary/aromatic N) is 2. The highest BCUT2D eigenvalue weighted by Crippen LogP contribution is 2.32. The van der Waals surface area contributed by atoms with Gasteiger partial charge in [0.15, 0.2) is 0 Å². The third-order valence-electron chi connectivity index (χ3n) is 3.91. The molecule has 0 heterocycles. The standard InChI is InChI=1S/C19H18N2/c20-15-16-11-13-19(14-12-16)21(17-7-3-1-4-8-17)18-9-5-2-6-10-18/h1-11,13,16,19H,12,14H2. The number of benzene rings is 2. The molecule has 0 bridgehead atoms. The number of allylic oxidation sites excluding steroid dienone is 1. The first-order valence-electron chi connectivity index (χ1n) is 7.36. The second-order valence-electron chi connectivity index (χ2n) is 5.31. The quantitative estimate of drug-likeness (QED) is 0.760. The topological polar surface area (TPSA) is 27.0 Å². The monoisotopic (exact) mass is 274 g/mol. The Morgan fingerprint density at radius 3 is 1.81 bits per heavy atom. The van der Waals surface area contributed by atoms with Crippen LogP contribution in [0.1, 0.15) is 12.8 Å². The first-order valence-corrected chi connectivity index (χ1v) is 7.36. The normalized spacial score (nSPS) is 20.7. The minimum Gasteiger partial charge on any atom is -0.335 e. The smallest absolute Gasteiger partial charge is 0.0697 e. The van der Waals surface area contributed by atoms with Crippen LogP contribution in [0.5, 0.6) is 0 Å². The van der Waals surface area contributed by atoms with E-state index in [2.05, 4.69) is 65.6 Å². The second kappa shape index (κ2) is 6.28. The molecule has 0 radical (unpaired) electrons.